The average molecular weight is 199 g/mol. The monoisotopic (exact) mass is 199 g/mol. The molecule has 0 radical (unpaired) electrons. The van der Waals surface area contributed by atoms with Crippen molar-refractivity contribution in [1.82, 2.24) is 0 Å². The molecule has 0 saturated heterocycles. The van der Waals surface area contributed by atoms with Crippen molar-refractivity contribution in [3.8, 4) is 0 Å². The fourth-order valence-electron chi connectivity index (χ4n) is 1.30. The summed E-state index contributed by atoms with van der Waals surface area (Å²) in [5.41, 5.74) is 6.67. The predicted molar refractivity (Wildman–Crippen MR) is 50.9 cm³/mol. The van der Waals surface area contributed by atoms with Gasteiger partial charge in [-0.2, -0.15) is 0 Å². The largest absolute Gasteiger partial charge is 0.392 e. The van der Waals surface area contributed by atoms with Crippen molar-refractivity contribution >= 4 is 0 Å². The van der Waals surface area contributed by atoms with Crippen LogP contribution in [0.1, 0.15) is 24.1 Å². The molecule has 0 heterocycles. The highest BCUT2D eigenvalue weighted by Crippen LogP contribution is 2.20. The van der Waals surface area contributed by atoms with Crippen molar-refractivity contribution in [2.45, 2.75) is 25.7 Å². The van der Waals surface area contributed by atoms with E-state index < -0.39 is 18.0 Å². The SMILES string of the molecule is CC(O)[C@@H](N)c1ccc(F)cc1CO. The maximum Gasteiger partial charge on any atom is 0.123 e. The summed E-state index contributed by atoms with van der Waals surface area (Å²) in [6, 6.07) is 3.37. The van der Waals surface area contributed by atoms with Gasteiger partial charge >= 0.3 is 0 Å². The highest BCUT2D eigenvalue weighted by Gasteiger charge is 2.15. The molecule has 1 unspecified atom stereocenters. The summed E-state index contributed by atoms with van der Waals surface area (Å²) in [6.45, 7) is 1.27. The van der Waals surface area contributed by atoms with Gasteiger partial charge in [0.1, 0.15) is 5.82 Å². The number of hydrogen-bond donors (Lipinski definition) is 3. The Labute approximate surface area is 82.0 Å². The van der Waals surface area contributed by atoms with E-state index in [-0.39, 0.29) is 6.61 Å². The molecule has 78 valence electrons. The molecule has 0 bridgehead atoms. The van der Waals surface area contributed by atoms with E-state index in [0.717, 1.165) is 0 Å². The third-order valence-electron chi connectivity index (χ3n) is 2.15. The highest BCUT2D eigenvalue weighted by molar-refractivity contribution is 5.30. The summed E-state index contributed by atoms with van der Waals surface area (Å²) in [5.74, 6) is -0.421. The Hall–Kier alpha value is -0.970. The summed E-state index contributed by atoms with van der Waals surface area (Å²) >= 11 is 0. The van der Waals surface area contributed by atoms with Crippen LogP contribution in [0.15, 0.2) is 18.2 Å². The van der Waals surface area contributed by atoms with Crippen LogP contribution in [0.5, 0.6) is 0 Å². The van der Waals surface area contributed by atoms with E-state index in [9.17, 15) is 9.50 Å². The van der Waals surface area contributed by atoms with Crippen LogP contribution in [0.3, 0.4) is 0 Å². The molecular formula is C10H14FNO2. The molecule has 0 aliphatic rings. The Balaban J connectivity index is 3.07. The molecule has 0 amide bonds. The zero-order valence-electron chi connectivity index (χ0n) is 7.94. The van der Waals surface area contributed by atoms with E-state index in [2.05, 4.69) is 0 Å². The first-order valence-corrected chi connectivity index (χ1v) is 4.39. The van der Waals surface area contributed by atoms with Gasteiger partial charge < -0.3 is 15.9 Å². The maximum atomic E-state index is 12.8. The first-order chi connectivity index (χ1) is 6.56. The lowest BCUT2D eigenvalue weighted by atomic mass is 9.98. The van der Waals surface area contributed by atoms with E-state index in [4.69, 9.17) is 10.8 Å². The van der Waals surface area contributed by atoms with Crippen molar-refractivity contribution in [3.63, 3.8) is 0 Å². The van der Waals surface area contributed by atoms with Crippen LogP contribution >= 0.6 is 0 Å². The molecule has 0 fully saturated rings. The van der Waals surface area contributed by atoms with E-state index in [0.29, 0.717) is 11.1 Å². The van der Waals surface area contributed by atoms with Crippen LogP contribution in [-0.2, 0) is 6.61 Å². The second-order valence-electron chi connectivity index (χ2n) is 3.27. The number of aliphatic hydroxyl groups is 2. The normalized spacial score (nSPS) is 15.2. The molecule has 0 saturated carbocycles. The van der Waals surface area contributed by atoms with Gasteiger partial charge in [-0.3, -0.25) is 0 Å². The topological polar surface area (TPSA) is 66.5 Å². The van der Waals surface area contributed by atoms with Gasteiger partial charge in [-0.15, -0.1) is 0 Å². The molecule has 1 aromatic rings. The Bertz CT molecular complexity index is 315. The third-order valence-corrected chi connectivity index (χ3v) is 2.15. The molecule has 0 aliphatic carbocycles. The minimum Gasteiger partial charge on any atom is -0.392 e. The summed E-state index contributed by atoms with van der Waals surface area (Å²) in [6.07, 6.45) is -0.731. The van der Waals surface area contributed by atoms with Crippen molar-refractivity contribution in [2.24, 2.45) is 5.73 Å². The van der Waals surface area contributed by atoms with Crippen LogP contribution in [-0.4, -0.2) is 16.3 Å². The number of halogens is 1. The van der Waals surface area contributed by atoms with Crippen LogP contribution in [0, 0.1) is 5.82 Å². The van der Waals surface area contributed by atoms with Crippen molar-refractivity contribution < 1.29 is 14.6 Å². The summed E-state index contributed by atoms with van der Waals surface area (Å²) in [7, 11) is 0. The lowest BCUT2D eigenvalue weighted by molar-refractivity contribution is 0.162. The average Bonchev–Trinajstić information content (AvgIpc) is 2.16. The van der Waals surface area contributed by atoms with Gasteiger partial charge in [0.15, 0.2) is 0 Å². The molecular weight excluding hydrogens is 185 g/mol. The summed E-state index contributed by atoms with van der Waals surface area (Å²) in [4.78, 5) is 0. The van der Waals surface area contributed by atoms with Gasteiger partial charge in [0.2, 0.25) is 0 Å². The number of rotatable bonds is 3. The van der Waals surface area contributed by atoms with Gasteiger partial charge in [0.05, 0.1) is 18.8 Å². The Morgan fingerprint density at radius 3 is 2.64 bits per heavy atom. The fourth-order valence-corrected chi connectivity index (χ4v) is 1.30. The molecule has 4 heteroatoms. The molecule has 1 rings (SSSR count). The van der Waals surface area contributed by atoms with E-state index in [1.54, 1.807) is 6.92 Å². The van der Waals surface area contributed by atoms with Crippen LogP contribution in [0.2, 0.25) is 0 Å². The van der Waals surface area contributed by atoms with Gasteiger partial charge in [-0.25, -0.2) is 4.39 Å². The summed E-state index contributed by atoms with van der Waals surface area (Å²) < 4.78 is 12.8. The highest BCUT2D eigenvalue weighted by atomic mass is 19.1. The third kappa shape index (κ3) is 2.29. The number of nitrogens with two attached hydrogens (primary N) is 1. The van der Waals surface area contributed by atoms with Crippen LogP contribution < -0.4 is 5.73 Å². The smallest absolute Gasteiger partial charge is 0.123 e. The lowest BCUT2D eigenvalue weighted by Crippen LogP contribution is -2.24. The zero-order chi connectivity index (χ0) is 10.7. The second kappa shape index (κ2) is 4.50. The molecule has 0 spiro atoms. The molecule has 3 nitrogen and oxygen atoms in total. The Kier molecular flexibility index (Phi) is 3.57. The number of hydrogen-bond acceptors (Lipinski definition) is 3. The Morgan fingerprint density at radius 1 is 1.50 bits per heavy atom. The predicted octanol–water partition coefficient (Wildman–Crippen LogP) is 0.699. The van der Waals surface area contributed by atoms with Gasteiger partial charge in [0.25, 0.3) is 0 Å². The van der Waals surface area contributed by atoms with Crippen molar-refractivity contribution in [2.75, 3.05) is 0 Å². The van der Waals surface area contributed by atoms with Crippen molar-refractivity contribution in [3.05, 3.63) is 35.1 Å². The zero-order valence-corrected chi connectivity index (χ0v) is 7.94. The quantitative estimate of drug-likeness (QED) is 0.671. The van der Waals surface area contributed by atoms with Crippen LogP contribution in [0.25, 0.3) is 0 Å². The first kappa shape index (κ1) is 11.1. The molecule has 14 heavy (non-hydrogen) atoms. The first-order valence-electron chi connectivity index (χ1n) is 4.39. The maximum absolute atomic E-state index is 12.8. The minimum atomic E-state index is -0.731. The lowest BCUT2D eigenvalue weighted by Gasteiger charge is -2.18. The molecule has 1 aromatic carbocycles. The minimum absolute atomic E-state index is 0.284. The Morgan fingerprint density at radius 2 is 2.14 bits per heavy atom. The van der Waals surface area contributed by atoms with E-state index in [1.165, 1.54) is 18.2 Å². The summed E-state index contributed by atoms with van der Waals surface area (Å²) in [5, 5.41) is 18.2. The standard InChI is InChI=1S/C10H14FNO2/c1-6(14)10(12)9-3-2-8(11)4-7(9)5-13/h2-4,6,10,13-14H,5,12H2,1H3/t6?,10-/m1/s1. The molecule has 0 aliphatic heterocycles. The van der Waals surface area contributed by atoms with Crippen LogP contribution in [0.4, 0.5) is 4.39 Å². The van der Waals surface area contributed by atoms with E-state index >= 15 is 0 Å². The van der Waals surface area contributed by atoms with E-state index in [1.807, 2.05) is 0 Å². The fraction of sp³-hybridized carbons (Fsp3) is 0.400. The van der Waals surface area contributed by atoms with Gasteiger partial charge in [-0.1, -0.05) is 6.07 Å². The molecule has 2 atom stereocenters. The second-order valence-corrected chi connectivity index (χ2v) is 3.27. The molecule has 4 N–H and O–H groups in total. The van der Waals surface area contributed by atoms with Gasteiger partial charge in [-0.05, 0) is 30.2 Å². The van der Waals surface area contributed by atoms with Crippen molar-refractivity contribution in [1.29, 1.82) is 0 Å². The van der Waals surface area contributed by atoms with Gasteiger partial charge in [0, 0.05) is 0 Å². The molecule has 0 aromatic heterocycles. The number of aliphatic hydroxyl groups excluding tert-OH is 2. The number of benzene rings is 1.